The summed E-state index contributed by atoms with van der Waals surface area (Å²) in [5.41, 5.74) is 5.02. The molecule has 0 aliphatic rings. The maximum atomic E-state index is 11.7. The third-order valence-electron chi connectivity index (χ3n) is 1.79. The van der Waals surface area contributed by atoms with Crippen molar-refractivity contribution in [2.24, 2.45) is 11.1 Å². The predicted molar refractivity (Wildman–Crippen MR) is 57.9 cm³/mol. The SMILES string of the molecule is CC(C)OC(=O)C(C)(C)CC(C)(C)N. The summed E-state index contributed by atoms with van der Waals surface area (Å²) in [4.78, 5) is 11.7. The highest BCUT2D eigenvalue weighted by atomic mass is 16.5. The van der Waals surface area contributed by atoms with Crippen molar-refractivity contribution < 1.29 is 9.53 Å². The van der Waals surface area contributed by atoms with E-state index in [1.807, 2.05) is 41.5 Å². The second-order valence-electron chi connectivity index (χ2n) is 5.50. The van der Waals surface area contributed by atoms with E-state index < -0.39 is 5.41 Å². The lowest BCUT2D eigenvalue weighted by atomic mass is 9.80. The Kier molecular flexibility index (Phi) is 4.13. The normalized spacial score (nSPS) is 13.1. The first-order valence-corrected chi connectivity index (χ1v) is 5.04. The Bertz CT molecular complexity index is 202. The minimum atomic E-state index is -0.511. The summed E-state index contributed by atoms with van der Waals surface area (Å²) in [6.45, 7) is 11.3. The van der Waals surface area contributed by atoms with Gasteiger partial charge in [-0.1, -0.05) is 0 Å². The predicted octanol–water partition coefficient (Wildman–Crippen LogP) is 2.09. The second-order valence-corrected chi connectivity index (χ2v) is 5.50. The average Bonchev–Trinajstić information content (AvgIpc) is 1.78. The summed E-state index contributed by atoms with van der Waals surface area (Å²) in [7, 11) is 0. The number of ether oxygens (including phenoxy) is 1. The van der Waals surface area contributed by atoms with E-state index in [0.29, 0.717) is 6.42 Å². The van der Waals surface area contributed by atoms with Crippen LogP contribution in [0.15, 0.2) is 0 Å². The molecule has 0 aliphatic heterocycles. The van der Waals surface area contributed by atoms with E-state index in [9.17, 15) is 4.79 Å². The zero-order valence-electron chi connectivity index (χ0n) is 10.2. The van der Waals surface area contributed by atoms with Crippen molar-refractivity contribution in [2.45, 2.75) is 59.6 Å². The van der Waals surface area contributed by atoms with Crippen LogP contribution in [-0.2, 0) is 9.53 Å². The molecule has 3 heteroatoms. The van der Waals surface area contributed by atoms with Crippen LogP contribution in [0.4, 0.5) is 0 Å². The highest BCUT2D eigenvalue weighted by Gasteiger charge is 2.34. The fourth-order valence-electron chi connectivity index (χ4n) is 1.58. The quantitative estimate of drug-likeness (QED) is 0.709. The number of carbonyl (C=O) groups excluding carboxylic acids is 1. The van der Waals surface area contributed by atoms with Gasteiger partial charge in [0.1, 0.15) is 0 Å². The Morgan fingerprint density at radius 1 is 1.29 bits per heavy atom. The van der Waals surface area contributed by atoms with Gasteiger partial charge in [0.15, 0.2) is 0 Å². The van der Waals surface area contributed by atoms with E-state index >= 15 is 0 Å². The molecule has 0 amide bonds. The van der Waals surface area contributed by atoms with Crippen molar-refractivity contribution in [3.05, 3.63) is 0 Å². The number of hydrogen-bond acceptors (Lipinski definition) is 3. The summed E-state index contributed by atoms with van der Waals surface area (Å²) in [6.07, 6.45) is 0.550. The first-order valence-electron chi connectivity index (χ1n) is 5.04. The molecule has 0 saturated carbocycles. The van der Waals surface area contributed by atoms with Crippen LogP contribution in [0.1, 0.15) is 48.0 Å². The second kappa shape index (κ2) is 4.30. The minimum absolute atomic E-state index is 0.0670. The van der Waals surface area contributed by atoms with E-state index in [4.69, 9.17) is 10.5 Å². The van der Waals surface area contributed by atoms with Crippen molar-refractivity contribution in [2.75, 3.05) is 0 Å². The van der Waals surface area contributed by atoms with Gasteiger partial charge in [-0.15, -0.1) is 0 Å². The van der Waals surface area contributed by atoms with Crippen LogP contribution in [0.5, 0.6) is 0 Å². The molecule has 0 atom stereocenters. The summed E-state index contributed by atoms with van der Waals surface area (Å²) < 4.78 is 5.17. The van der Waals surface area contributed by atoms with Crippen molar-refractivity contribution in [3.8, 4) is 0 Å². The van der Waals surface area contributed by atoms with Crippen molar-refractivity contribution >= 4 is 5.97 Å². The molecule has 0 aromatic heterocycles. The Labute approximate surface area is 87.0 Å². The third-order valence-corrected chi connectivity index (χ3v) is 1.79. The molecule has 0 fully saturated rings. The van der Waals surface area contributed by atoms with Crippen molar-refractivity contribution in [1.82, 2.24) is 0 Å². The molecule has 2 N–H and O–H groups in total. The van der Waals surface area contributed by atoms with Crippen LogP contribution in [-0.4, -0.2) is 17.6 Å². The molecule has 0 rings (SSSR count). The van der Waals surface area contributed by atoms with Gasteiger partial charge in [-0.25, -0.2) is 0 Å². The fourth-order valence-corrected chi connectivity index (χ4v) is 1.58. The monoisotopic (exact) mass is 201 g/mol. The number of rotatable bonds is 4. The Morgan fingerprint density at radius 3 is 2.00 bits per heavy atom. The molecule has 0 saturated heterocycles. The number of nitrogens with two attached hydrogens (primary N) is 1. The van der Waals surface area contributed by atoms with Crippen LogP contribution in [0.2, 0.25) is 0 Å². The van der Waals surface area contributed by atoms with Gasteiger partial charge in [0.2, 0.25) is 0 Å². The lowest BCUT2D eigenvalue weighted by molar-refractivity contribution is -0.159. The Balaban J connectivity index is 4.38. The van der Waals surface area contributed by atoms with Crippen LogP contribution < -0.4 is 5.73 Å². The molecular formula is C11H23NO2. The molecule has 3 nitrogen and oxygen atoms in total. The molecule has 0 aliphatic carbocycles. The zero-order chi connectivity index (χ0) is 11.6. The van der Waals surface area contributed by atoms with Gasteiger partial charge in [0.05, 0.1) is 11.5 Å². The highest BCUT2D eigenvalue weighted by Crippen LogP contribution is 2.28. The highest BCUT2D eigenvalue weighted by molar-refractivity contribution is 5.76. The fraction of sp³-hybridized carbons (Fsp3) is 0.909. The summed E-state index contributed by atoms with van der Waals surface area (Å²) in [5.74, 6) is -0.175. The van der Waals surface area contributed by atoms with Gasteiger partial charge in [-0.2, -0.15) is 0 Å². The summed E-state index contributed by atoms with van der Waals surface area (Å²) in [5, 5.41) is 0. The van der Waals surface area contributed by atoms with Gasteiger partial charge >= 0.3 is 5.97 Å². The molecule has 0 heterocycles. The van der Waals surface area contributed by atoms with Crippen molar-refractivity contribution in [3.63, 3.8) is 0 Å². The number of esters is 1. The standard InChI is InChI=1S/C11H23NO2/c1-8(2)14-9(13)10(3,4)7-11(5,6)12/h8H,7,12H2,1-6H3. The van der Waals surface area contributed by atoms with E-state index in [1.165, 1.54) is 0 Å². The summed E-state index contributed by atoms with van der Waals surface area (Å²) >= 11 is 0. The molecule has 0 radical (unpaired) electrons. The van der Waals surface area contributed by atoms with Crippen LogP contribution in [0.3, 0.4) is 0 Å². The first kappa shape index (κ1) is 13.4. The summed E-state index contributed by atoms with van der Waals surface area (Å²) in [6, 6.07) is 0. The van der Waals surface area contributed by atoms with Crippen LogP contribution in [0.25, 0.3) is 0 Å². The van der Waals surface area contributed by atoms with Gasteiger partial charge in [-0.3, -0.25) is 4.79 Å². The average molecular weight is 201 g/mol. The van der Waals surface area contributed by atoms with Gasteiger partial charge in [0, 0.05) is 5.54 Å². The number of hydrogen-bond donors (Lipinski definition) is 1. The first-order chi connectivity index (χ1) is 6.04. The molecule has 0 aromatic rings. The molecular weight excluding hydrogens is 178 g/mol. The van der Waals surface area contributed by atoms with E-state index in [2.05, 4.69) is 0 Å². The smallest absolute Gasteiger partial charge is 0.311 e. The van der Waals surface area contributed by atoms with E-state index in [0.717, 1.165) is 0 Å². The lowest BCUT2D eigenvalue weighted by Gasteiger charge is -2.30. The molecule has 0 aromatic carbocycles. The maximum absolute atomic E-state index is 11.7. The van der Waals surface area contributed by atoms with Crippen LogP contribution in [0, 0.1) is 5.41 Å². The van der Waals surface area contributed by atoms with Crippen LogP contribution >= 0.6 is 0 Å². The van der Waals surface area contributed by atoms with Gasteiger partial charge < -0.3 is 10.5 Å². The largest absolute Gasteiger partial charge is 0.463 e. The lowest BCUT2D eigenvalue weighted by Crippen LogP contribution is -2.41. The molecule has 14 heavy (non-hydrogen) atoms. The van der Waals surface area contributed by atoms with Crippen molar-refractivity contribution in [1.29, 1.82) is 0 Å². The molecule has 0 unspecified atom stereocenters. The Hall–Kier alpha value is -0.570. The van der Waals surface area contributed by atoms with Gasteiger partial charge in [-0.05, 0) is 48.0 Å². The maximum Gasteiger partial charge on any atom is 0.311 e. The topological polar surface area (TPSA) is 52.3 Å². The Morgan fingerprint density at radius 2 is 1.71 bits per heavy atom. The minimum Gasteiger partial charge on any atom is -0.463 e. The zero-order valence-corrected chi connectivity index (χ0v) is 10.2. The molecule has 0 spiro atoms. The third kappa shape index (κ3) is 5.22. The molecule has 0 bridgehead atoms. The van der Waals surface area contributed by atoms with E-state index in [1.54, 1.807) is 0 Å². The van der Waals surface area contributed by atoms with Gasteiger partial charge in [0.25, 0.3) is 0 Å². The van der Waals surface area contributed by atoms with E-state index in [-0.39, 0.29) is 17.6 Å². The molecule has 84 valence electrons. The number of carbonyl (C=O) groups is 1.